The molecular weight excluding hydrogens is 231 g/mol. The third-order valence-corrected chi connectivity index (χ3v) is 2.36. The molecule has 0 bridgehead atoms. The maximum Gasteiger partial charge on any atom is 0.389 e. The molecule has 0 fully saturated rings. The normalized spacial score (nSPS) is 12.0. The summed E-state index contributed by atoms with van der Waals surface area (Å²) in [4.78, 5) is 0. The first-order valence-corrected chi connectivity index (χ1v) is 5.81. The van der Waals surface area contributed by atoms with E-state index in [4.69, 9.17) is 0 Å². The first-order chi connectivity index (χ1) is 8.03. The lowest BCUT2D eigenvalue weighted by Crippen LogP contribution is -2.19. The number of aryl methyl sites for hydroxylation is 1. The number of alkyl halides is 3. The zero-order valence-electron chi connectivity index (χ0n) is 9.93. The van der Waals surface area contributed by atoms with Crippen molar-refractivity contribution < 1.29 is 13.2 Å². The quantitative estimate of drug-likeness (QED) is 0.753. The summed E-state index contributed by atoms with van der Waals surface area (Å²) in [6, 6.07) is 1.88. The van der Waals surface area contributed by atoms with E-state index in [9.17, 15) is 13.2 Å². The summed E-state index contributed by atoms with van der Waals surface area (Å²) < 4.78 is 37.5. The molecule has 0 aliphatic rings. The highest BCUT2D eigenvalue weighted by molar-refractivity contribution is 4.99. The lowest BCUT2D eigenvalue weighted by molar-refractivity contribution is -0.135. The number of halogens is 3. The second kappa shape index (κ2) is 6.64. The first-order valence-electron chi connectivity index (χ1n) is 5.81. The zero-order chi connectivity index (χ0) is 12.7. The maximum absolute atomic E-state index is 11.9. The first kappa shape index (κ1) is 14.0. The Bertz CT molecular complexity index is 320. The Morgan fingerprint density at radius 1 is 1.41 bits per heavy atom. The van der Waals surface area contributed by atoms with Crippen molar-refractivity contribution in [3.05, 3.63) is 18.0 Å². The van der Waals surface area contributed by atoms with Gasteiger partial charge in [0.15, 0.2) is 0 Å². The highest BCUT2D eigenvalue weighted by atomic mass is 19.4. The molecule has 0 amide bonds. The summed E-state index contributed by atoms with van der Waals surface area (Å²) in [5.41, 5.74) is 1.01. The summed E-state index contributed by atoms with van der Waals surface area (Å²) in [7, 11) is 0. The second-order valence-corrected chi connectivity index (χ2v) is 3.94. The highest BCUT2D eigenvalue weighted by Gasteiger charge is 2.25. The second-order valence-electron chi connectivity index (χ2n) is 3.94. The van der Waals surface area contributed by atoms with Gasteiger partial charge in [-0.1, -0.05) is 6.92 Å². The van der Waals surface area contributed by atoms with Crippen molar-refractivity contribution in [3.63, 3.8) is 0 Å². The number of nitrogens with zero attached hydrogens (tertiary/aromatic N) is 2. The molecule has 1 aromatic heterocycles. The molecule has 0 aliphatic heterocycles. The molecule has 0 atom stereocenters. The fourth-order valence-electron chi connectivity index (χ4n) is 1.55. The van der Waals surface area contributed by atoms with Gasteiger partial charge in [-0.05, 0) is 25.5 Å². The molecule has 1 rings (SSSR count). The molecule has 0 saturated heterocycles. The van der Waals surface area contributed by atoms with Crippen LogP contribution in [0.4, 0.5) is 13.2 Å². The van der Waals surface area contributed by atoms with E-state index in [1.54, 1.807) is 6.20 Å². The summed E-state index contributed by atoms with van der Waals surface area (Å²) >= 11 is 0. The van der Waals surface area contributed by atoms with Gasteiger partial charge in [-0.25, -0.2) is 0 Å². The van der Waals surface area contributed by atoms with Gasteiger partial charge in [-0.2, -0.15) is 18.3 Å². The fourth-order valence-corrected chi connectivity index (χ4v) is 1.55. The number of hydrogen-bond donors (Lipinski definition) is 1. The van der Waals surface area contributed by atoms with Gasteiger partial charge in [0.1, 0.15) is 0 Å². The molecule has 1 aromatic rings. The molecule has 0 aromatic carbocycles. The minimum absolute atomic E-state index is 0.116. The largest absolute Gasteiger partial charge is 0.389 e. The highest BCUT2D eigenvalue weighted by Crippen LogP contribution is 2.20. The van der Waals surface area contributed by atoms with Crippen molar-refractivity contribution in [2.45, 2.75) is 45.5 Å². The molecule has 0 spiro atoms. The molecule has 1 N–H and O–H groups in total. The maximum atomic E-state index is 11.9. The topological polar surface area (TPSA) is 29.9 Å². The van der Waals surface area contributed by atoms with Crippen LogP contribution < -0.4 is 5.32 Å². The summed E-state index contributed by atoms with van der Waals surface area (Å²) in [5, 5.41) is 7.14. The Morgan fingerprint density at radius 3 is 2.82 bits per heavy atom. The molecule has 0 saturated carbocycles. The Morgan fingerprint density at radius 2 is 2.18 bits per heavy atom. The zero-order valence-corrected chi connectivity index (χ0v) is 9.93. The third-order valence-electron chi connectivity index (χ3n) is 2.36. The van der Waals surface area contributed by atoms with E-state index >= 15 is 0 Å². The van der Waals surface area contributed by atoms with Crippen molar-refractivity contribution in [2.75, 3.05) is 6.54 Å². The van der Waals surface area contributed by atoms with Crippen LogP contribution in [-0.4, -0.2) is 22.5 Å². The van der Waals surface area contributed by atoms with E-state index in [1.165, 1.54) is 0 Å². The number of aromatic nitrogens is 2. The Balaban J connectivity index is 2.20. The van der Waals surface area contributed by atoms with Crippen LogP contribution >= 0.6 is 0 Å². The predicted molar refractivity (Wildman–Crippen MR) is 59.5 cm³/mol. The lowest BCUT2D eigenvalue weighted by atomic mass is 10.3. The van der Waals surface area contributed by atoms with E-state index < -0.39 is 12.6 Å². The van der Waals surface area contributed by atoms with Gasteiger partial charge in [0, 0.05) is 25.7 Å². The van der Waals surface area contributed by atoms with Gasteiger partial charge in [0.25, 0.3) is 0 Å². The molecule has 6 heteroatoms. The van der Waals surface area contributed by atoms with E-state index in [1.807, 2.05) is 10.7 Å². The molecule has 0 radical (unpaired) electrons. The van der Waals surface area contributed by atoms with Crippen LogP contribution in [0.2, 0.25) is 0 Å². The Kier molecular flexibility index (Phi) is 5.47. The van der Waals surface area contributed by atoms with Gasteiger partial charge < -0.3 is 5.32 Å². The molecule has 98 valence electrons. The minimum Gasteiger partial charge on any atom is -0.311 e. The number of rotatable bonds is 7. The van der Waals surface area contributed by atoms with Crippen molar-refractivity contribution in [2.24, 2.45) is 0 Å². The molecular formula is C11H18F3N3. The van der Waals surface area contributed by atoms with E-state index in [0.29, 0.717) is 13.1 Å². The van der Waals surface area contributed by atoms with Crippen molar-refractivity contribution in [1.29, 1.82) is 0 Å². The van der Waals surface area contributed by atoms with E-state index in [2.05, 4.69) is 17.3 Å². The van der Waals surface area contributed by atoms with Crippen molar-refractivity contribution in [1.82, 2.24) is 15.1 Å². The summed E-state index contributed by atoms with van der Waals surface area (Å²) in [5.74, 6) is 0. The van der Waals surface area contributed by atoms with Gasteiger partial charge in [0.05, 0.1) is 5.69 Å². The summed E-state index contributed by atoms with van der Waals surface area (Å²) in [6.45, 7) is 3.84. The van der Waals surface area contributed by atoms with Crippen LogP contribution in [0.25, 0.3) is 0 Å². The smallest absolute Gasteiger partial charge is 0.311 e. The Labute approximate surface area is 99.0 Å². The minimum atomic E-state index is -4.05. The van der Waals surface area contributed by atoms with Crippen LogP contribution in [0.3, 0.4) is 0 Å². The molecule has 1 heterocycles. The lowest BCUT2D eigenvalue weighted by Gasteiger charge is -2.08. The SMILES string of the molecule is CCCn1nccc1CNCCCC(F)(F)F. The van der Waals surface area contributed by atoms with Gasteiger partial charge in [-0.3, -0.25) is 4.68 Å². The Hall–Kier alpha value is -1.04. The predicted octanol–water partition coefficient (Wildman–Crippen LogP) is 2.73. The van der Waals surface area contributed by atoms with Crippen molar-refractivity contribution in [3.8, 4) is 0 Å². The third kappa shape index (κ3) is 5.72. The van der Waals surface area contributed by atoms with Crippen LogP contribution in [0.1, 0.15) is 31.9 Å². The van der Waals surface area contributed by atoms with E-state index in [-0.39, 0.29) is 6.42 Å². The van der Waals surface area contributed by atoms with Crippen LogP contribution in [0, 0.1) is 0 Å². The number of nitrogens with one attached hydrogen (secondary N) is 1. The average Bonchev–Trinajstić information content (AvgIpc) is 2.64. The molecule has 17 heavy (non-hydrogen) atoms. The molecule has 0 aliphatic carbocycles. The number of hydrogen-bond acceptors (Lipinski definition) is 2. The van der Waals surface area contributed by atoms with Crippen molar-refractivity contribution >= 4 is 0 Å². The van der Waals surface area contributed by atoms with Crippen LogP contribution in [0.15, 0.2) is 12.3 Å². The summed E-state index contributed by atoms with van der Waals surface area (Å²) in [6.07, 6.45) is -1.96. The standard InChI is InChI=1S/C11H18F3N3/c1-2-8-17-10(4-7-16-17)9-15-6-3-5-11(12,13)14/h4,7,15H,2-3,5-6,8-9H2,1H3. The van der Waals surface area contributed by atoms with Gasteiger partial charge in [-0.15, -0.1) is 0 Å². The van der Waals surface area contributed by atoms with Gasteiger partial charge >= 0.3 is 6.18 Å². The monoisotopic (exact) mass is 249 g/mol. The fraction of sp³-hybridized carbons (Fsp3) is 0.727. The van der Waals surface area contributed by atoms with Crippen LogP contribution in [0.5, 0.6) is 0 Å². The average molecular weight is 249 g/mol. The van der Waals surface area contributed by atoms with Gasteiger partial charge in [0.2, 0.25) is 0 Å². The van der Waals surface area contributed by atoms with Crippen LogP contribution in [-0.2, 0) is 13.1 Å². The molecule has 3 nitrogen and oxygen atoms in total. The molecule has 0 unspecified atom stereocenters. The van der Waals surface area contributed by atoms with E-state index in [0.717, 1.165) is 18.7 Å².